The van der Waals surface area contributed by atoms with Crippen molar-refractivity contribution in [1.82, 2.24) is 4.98 Å². The zero-order valence-corrected chi connectivity index (χ0v) is 11.1. The Kier molecular flexibility index (Phi) is 3.76. The van der Waals surface area contributed by atoms with E-state index < -0.39 is 11.7 Å². The first-order valence-corrected chi connectivity index (χ1v) is 5.94. The van der Waals surface area contributed by atoms with Crippen LogP contribution in [0.4, 0.5) is 10.2 Å². The third-order valence-corrected chi connectivity index (χ3v) is 2.96. The van der Waals surface area contributed by atoms with Gasteiger partial charge in [-0.3, -0.25) is 9.69 Å². The first-order chi connectivity index (χ1) is 9.54. The fourth-order valence-corrected chi connectivity index (χ4v) is 1.85. The maximum absolute atomic E-state index is 13.3. The van der Waals surface area contributed by atoms with Gasteiger partial charge in [-0.2, -0.15) is 5.26 Å². The molecule has 0 radical (unpaired) electrons. The second-order valence-electron chi connectivity index (χ2n) is 4.31. The minimum atomic E-state index is -0.478. The number of aryl methyl sites for hydroxylation is 1. The van der Waals surface area contributed by atoms with Crippen LogP contribution in [-0.4, -0.2) is 17.9 Å². The number of hydrogen-bond donors (Lipinski definition) is 0. The van der Waals surface area contributed by atoms with Crippen molar-refractivity contribution in [3.63, 3.8) is 0 Å². The molecule has 5 heteroatoms. The molecule has 2 aromatic rings. The standard InChI is InChI=1S/C15H12FN3O/c1-10-5-6-12(16)8-13(10)15(20)19(2)14-11(9-17)4-3-7-18-14/h3-8H,1-2H3. The minimum Gasteiger partial charge on any atom is -0.295 e. The highest BCUT2D eigenvalue weighted by atomic mass is 19.1. The molecule has 1 heterocycles. The van der Waals surface area contributed by atoms with E-state index in [2.05, 4.69) is 4.98 Å². The summed E-state index contributed by atoms with van der Waals surface area (Å²) in [5.74, 6) is -0.630. The second kappa shape index (κ2) is 5.49. The Morgan fingerprint density at radius 3 is 2.85 bits per heavy atom. The van der Waals surface area contributed by atoms with Gasteiger partial charge in [0.1, 0.15) is 11.9 Å². The van der Waals surface area contributed by atoms with E-state index in [1.54, 1.807) is 25.1 Å². The SMILES string of the molecule is Cc1ccc(F)cc1C(=O)N(C)c1ncccc1C#N. The third-order valence-electron chi connectivity index (χ3n) is 2.96. The average Bonchev–Trinajstić information content (AvgIpc) is 2.48. The summed E-state index contributed by atoms with van der Waals surface area (Å²) < 4.78 is 13.3. The summed E-state index contributed by atoms with van der Waals surface area (Å²) in [6, 6.07) is 9.20. The molecule has 2 rings (SSSR count). The van der Waals surface area contributed by atoms with Gasteiger partial charge >= 0.3 is 0 Å². The Morgan fingerprint density at radius 2 is 2.15 bits per heavy atom. The molecular weight excluding hydrogens is 257 g/mol. The van der Waals surface area contributed by atoms with E-state index in [-0.39, 0.29) is 16.9 Å². The van der Waals surface area contributed by atoms with Crippen molar-refractivity contribution in [1.29, 1.82) is 5.26 Å². The lowest BCUT2D eigenvalue weighted by Crippen LogP contribution is -2.28. The van der Waals surface area contributed by atoms with Crippen molar-refractivity contribution >= 4 is 11.7 Å². The number of carbonyl (C=O) groups is 1. The Bertz CT molecular complexity index is 707. The van der Waals surface area contributed by atoms with Crippen molar-refractivity contribution < 1.29 is 9.18 Å². The lowest BCUT2D eigenvalue weighted by Gasteiger charge is -2.18. The van der Waals surface area contributed by atoms with Crippen LogP contribution in [0.5, 0.6) is 0 Å². The van der Waals surface area contributed by atoms with E-state index in [1.807, 2.05) is 6.07 Å². The van der Waals surface area contributed by atoms with Gasteiger partial charge in [-0.15, -0.1) is 0 Å². The summed E-state index contributed by atoms with van der Waals surface area (Å²) in [5, 5.41) is 9.03. The van der Waals surface area contributed by atoms with E-state index in [1.165, 1.54) is 30.3 Å². The number of rotatable bonds is 2. The van der Waals surface area contributed by atoms with Crippen LogP contribution in [0.25, 0.3) is 0 Å². The van der Waals surface area contributed by atoms with Gasteiger partial charge in [0.25, 0.3) is 5.91 Å². The predicted molar refractivity (Wildman–Crippen MR) is 72.8 cm³/mol. The second-order valence-corrected chi connectivity index (χ2v) is 4.31. The fourth-order valence-electron chi connectivity index (χ4n) is 1.85. The van der Waals surface area contributed by atoms with Gasteiger partial charge in [0.05, 0.1) is 5.56 Å². The topological polar surface area (TPSA) is 57.0 Å². The Morgan fingerprint density at radius 1 is 1.40 bits per heavy atom. The predicted octanol–water partition coefficient (Wildman–Crippen LogP) is 2.68. The smallest absolute Gasteiger partial charge is 0.259 e. The van der Waals surface area contributed by atoms with Crippen LogP contribution in [0.2, 0.25) is 0 Å². The molecule has 0 aliphatic heterocycles. The first-order valence-electron chi connectivity index (χ1n) is 5.94. The Balaban J connectivity index is 2.43. The van der Waals surface area contributed by atoms with Crippen LogP contribution in [0.3, 0.4) is 0 Å². The monoisotopic (exact) mass is 269 g/mol. The number of pyridine rings is 1. The molecular formula is C15H12FN3O. The molecule has 0 bridgehead atoms. The number of nitriles is 1. The summed E-state index contributed by atoms with van der Waals surface area (Å²) in [5.41, 5.74) is 1.21. The molecule has 20 heavy (non-hydrogen) atoms. The lowest BCUT2D eigenvalue weighted by molar-refractivity contribution is 0.0991. The van der Waals surface area contributed by atoms with Crippen molar-refractivity contribution in [3.05, 3.63) is 59.0 Å². The quantitative estimate of drug-likeness (QED) is 0.842. The summed E-state index contributed by atoms with van der Waals surface area (Å²) in [6.45, 7) is 1.73. The molecule has 1 aromatic heterocycles. The van der Waals surface area contributed by atoms with Crippen molar-refractivity contribution in [2.75, 3.05) is 11.9 Å². The highest BCUT2D eigenvalue weighted by Crippen LogP contribution is 2.19. The van der Waals surface area contributed by atoms with Crippen LogP contribution >= 0.6 is 0 Å². The van der Waals surface area contributed by atoms with Crippen LogP contribution < -0.4 is 4.90 Å². The molecule has 0 N–H and O–H groups in total. The first kappa shape index (κ1) is 13.7. The van der Waals surface area contributed by atoms with Crippen LogP contribution in [0.15, 0.2) is 36.5 Å². The molecule has 0 saturated heterocycles. The van der Waals surface area contributed by atoms with Crippen LogP contribution in [-0.2, 0) is 0 Å². The average molecular weight is 269 g/mol. The van der Waals surface area contributed by atoms with Crippen molar-refractivity contribution in [3.8, 4) is 6.07 Å². The maximum atomic E-state index is 13.3. The molecule has 0 aliphatic rings. The summed E-state index contributed by atoms with van der Waals surface area (Å²) >= 11 is 0. The van der Waals surface area contributed by atoms with Crippen LogP contribution in [0, 0.1) is 24.1 Å². The number of benzene rings is 1. The Hall–Kier alpha value is -2.74. The number of anilines is 1. The van der Waals surface area contributed by atoms with Crippen molar-refractivity contribution in [2.45, 2.75) is 6.92 Å². The summed E-state index contributed by atoms with van der Waals surface area (Å²) in [4.78, 5) is 17.7. The van der Waals surface area contributed by atoms with E-state index in [0.717, 1.165) is 0 Å². The zero-order chi connectivity index (χ0) is 14.7. The van der Waals surface area contributed by atoms with E-state index >= 15 is 0 Å². The number of aromatic nitrogens is 1. The highest BCUT2D eigenvalue weighted by molar-refractivity contribution is 6.06. The molecule has 1 amide bonds. The fraction of sp³-hybridized carbons (Fsp3) is 0.133. The molecule has 0 unspecified atom stereocenters. The van der Waals surface area contributed by atoms with Gasteiger partial charge in [0.2, 0.25) is 0 Å². The number of amides is 1. The molecule has 4 nitrogen and oxygen atoms in total. The third kappa shape index (κ3) is 2.50. The van der Waals surface area contributed by atoms with Gasteiger partial charge < -0.3 is 0 Å². The molecule has 0 fully saturated rings. The van der Waals surface area contributed by atoms with E-state index in [4.69, 9.17) is 5.26 Å². The summed E-state index contributed by atoms with van der Waals surface area (Å²) in [6.07, 6.45) is 1.50. The van der Waals surface area contributed by atoms with Gasteiger partial charge in [-0.25, -0.2) is 9.37 Å². The molecule has 0 spiro atoms. The number of hydrogen-bond acceptors (Lipinski definition) is 3. The molecule has 100 valence electrons. The summed E-state index contributed by atoms with van der Waals surface area (Å²) in [7, 11) is 1.51. The number of nitrogens with zero attached hydrogens (tertiary/aromatic N) is 3. The highest BCUT2D eigenvalue weighted by Gasteiger charge is 2.19. The largest absolute Gasteiger partial charge is 0.295 e. The molecule has 0 atom stereocenters. The number of carbonyl (C=O) groups excluding carboxylic acids is 1. The number of halogens is 1. The van der Waals surface area contributed by atoms with Gasteiger partial charge in [-0.05, 0) is 36.8 Å². The Labute approximate surface area is 116 Å². The van der Waals surface area contributed by atoms with Crippen LogP contribution in [0.1, 0.15) is 21.5 Å². The zero-order valence-electron chi connectivity index (χ0n) is 11.1. The molecule has 0 saturated carbocycles. The van der Waals surface area contributed by atoms with Gasteiger partial charge in [-0.1, -0.05) is 6.07 Å². The lowest BCUT2D eigenvalue weighted by atomic mass is 10.1. The maximum Gasteiger partial charge on any atom is 0.259 e. The molecule has 0 aliphatic carbocycles. The van der Waals surface area contributed by atoms with E-state index in [0.29, 0.717) is 5.56 Å². The minimum absolute atomic E-state index is 0.252. The van der Waals surface area contributed by atoms with Gasteiger partial charge in [0, 0.05) is 18.8 Å². The normalized spacial score (nSPS) is 9.90. The molecule has 1 aromatic carbocycles. The van der Waals surface area contributed by atoms with Gasteiger partial charge in [0.15, 0.2) is 5.82 Å². The van der Waals surface area contributed by atoms with E-state index in [9.17, 15) is 9.18 Å². The van der Waals surface area contributed by atoms with Crippen molar-refractivity contribution in [2.24, 2.45) is 0 Å².